The number of nitrogens with one attached hydrogen (secondary N) is 2. The molecule has 0 radical (unpaired) electrons. The zero-order valence-electron chi connectivity index (χ0n) is 20.7. The number of hydrogen-bond acceptors (Lipinski definition) is 7. The van der Waals surface area contributed by atoms with Crippen molar-refractivity contribution in [2.75, 3.05) is 31.7 Å². The maximum absolute atomic E-state index is 11.6. The molecule has 0 saturated heterocycles. The summed E-state index contributed by atoms with van der Waals surface area (Å²) in [5.74, 6) is 0.963. The third-order valence-electron chi connectivity index (χ3n) is 5.69. The second-order valence-electron chi connectivity index (χ2n) is 8.58. The van der Waals surface area contributed by atoms with E-state index < -0.39 is 16.1 Å². The third-order valence-corrected chi connectivity index (χ3v) is 7.14. The lowest BCUT2D eigenvalue weighted by Gasteiger charge is -2.23. The van der Waals surface area contributed by atoms with Crippen LogP contribution in [0.2, 0.25) is 10.0 Å². The Bertz CT molecular complexity index is 1340. The van der Waals surface area contributed by atoms with Gasteiger partial charge in [0.1, 0.15) is 5.75 Å². The minimum Gasteiger partial charge on any atom is -0.506 e. The SMILES string of the molecule is COc1ccc([C@@H](Cc2cccc(Cl)c2Cl)NC[C@@H](O)Cc2ccc(O)c(NS(C)(=O)=O)c2)cc1OC. The summed E-state index contributed by atoms with van der Waals surface area (Å²) in [5.41, 5.74) is 2.44. The van der Waals surface area contributed by atoms with Crippen molar-refractivity contribution in [2.45, 2.75) is 25.0 Å². The molecule has 0 bridgehead atoms. The van der Waals surface area contributed by atoms with Crippen molar-refractivity contribution in [2.24, 2.45) is 0 Å². The van der Waals surface area contributed by atoms with Crippen molar-refractivity contribution in [3.63, 3.8) is 0 Å². The number of halogens is 2. The van der Waals surface area contributed by atoms with Crippen LogP contribution >= 0.6 is 23.2 Å². The van der Waals surface area contributed by atoms with Crippen molar-refractivity contribution in [1.29, 1.82) is 0 Å². The summed E-state index contributed by atoms with van der Waals surface area (Å²) in [5, 5.41) is 25.1. The number of rotatable bonds is 12. The zero-order valence-corrected chi connectivity index (χ0v) is 23.0. The Morgan fingerprint density at radius 3 is 2.38 bits per heavy atom. The molecule has 3 aromatic carbocycles. The van der Waals surface area contributed by atoms with Crippen LogP contribution in [0.15, 0.2) is 54.6 Å². The van der Waals surface area contributed by atoms with E-state index in [1.165, 1.54) is 12.1 Å². The van der Waals surface area contributed by atoms with Gasteiger partial charge in [-0.1, -0.05) is 47.5 Å². The van der Waals surface area contributed by atoms with Crippen LogP contribution < -0.4 is 19.5 Å². The van der Waals surface area contributed by atoms with Crippen molar-refractivity contribution in [3.05, 3.63) is 81.3 Å². The highest BCUT2D eigenvalue weighted by Gasteiger charge is 2.19. The molecule has 0 amide bonds. The Hall–Kier alpha value is -2.69. The summed E-state index contributed by atoms with van der Waals surface area (Å²) in [7, 11) is -0.442. The molecule has 0 aromatic heterocycles. The lowest BCUT2D eigenvalue weighted by Crippen LogP contribution is -2.32. The van der Waals surface area contributed by atoms with Gasteiger partial charge in [0, 0.05) is 12.6 Å². The van der Waals surface area contributed by atoms with Crippen LogP contribution in [0.5, 0.6) is 17.2 Å². The fraction of sp³-hybridized carbons (Fsp3) is 0.308. The van der Waals surface area contributed by atoms with E-state index in [9.17, 15) is 18.6 Å². The van der Waals surface area contributed by atoms with Crippen LogP contribution in [0.3, 0.4) is 0 Å². The quantitative estimate of drug-likeness (QED) is 0.236. The zero-order chi connectivity index (χ0) is 27.2. The number of anilines is 1. The molecular weight excluding hydrogens is 539 g/mol. The van der Waals surface area contributed by atoms with Crippen molar-refractivity contribution < 1.29 is 28.1 Å². The molecule has 0 heterocycles. The molecule has 3 rings (SSSR count). The molecule has 0 unspecified atom stereocenters. The molecule has 0 spiro atoms. The molecule has 200 valence electrons. The fourth-order valence-electron chi connectivity index (χ4n) is 3.92. The summed E-state index contributed by atoms with van der Waals surface area (Å²) in [6.07, 6.45) is 0.900. The number of sulfonamides is 1. The van der Waals surface area contributed by atoms with Gasteiger partial charge in [-0.3, -0.25) is 4.72 Å². The summed E-state index contributed by atoms with van der Waals surface area (Å²) in [4.78, 5) is 0. The summed E-state index contributed by atoms with van der Waals surface area (Å²) < 4.78 is 36.2. The molecule has 37 heavy (non-hydrogen) atoms. The van der Waals surface area contributed by atoms with Gasteiger partial charge in [0.05, 0.1) is 42.3 Å². The predicted molar refractivity (Wildman–Crippen MR) is 147 cm³/mol. The first-order valence-corrected chi connectivity index (χ1v) is 14.0. The molecule has 8 nitrogen and oxygen atoms in total. The van der Waals surface area contributed by atoms with Crippen molar-refractivity contribution in [3.8, 4) is 17.2 Å². The number of methoxy groups -OCH3 is 2. The minimum atomic E-state index is -3.57. The van der Waals surface area contributed by atoms with Crippen LogP contribution in [0.25, 0.3) is 0 Å². The summed E-state index contributed by atoms with van der Waals surface area (Å²) in [6.45, 7) is 0.215. The van der Waals surface area contributed by atoms with Crippen LogP contribution in [-0.2, 0) is 22.9 Å². The first kappa shape index (κ1) is 28.9. The summed E-state index contributed by atoms with van der Waals surface area (Å²) in [6, 6.07) is 15.3. The number of phenols is 1. The van der Waals surface area contributed by atoms with Gasteiger partial charge in [0.15, 0.2) is 11.5 Å². The highest BCUT2D eigenvalue weighted by molar-refractivity contribution is 7.92. The Kier molecular flexibility index (Phi) is 9.92. The maximum atomic E-state index is 11.6. The maximum Gasteiger partial charge on any atom is 0.229 e. The molecule has 0 aliphatic rings. The second-order valence-corrected chi connectivity index (χ2v) is 11.1. The second kappa shape index (κ2) is 12.7. The molecule has 4 N–H and O–H groups in total. The smallest absolute Gasteiger partial charge is 0.229 e. The lowest BCUT2D eigenvalue weighted by molar-refractivity contribution is 0.167. The number of benzene rings is 3. The molecule has 3 aromatic rings. The molecule has 2 atom stereocenters. The lowest BCUT2D eigenvalue weighted by atomic mass is 9.97. The largest absolute Gasteiger partial charge is 0.506 e. The van der Waals surface area contributed by atoms with E-state index >= 15 is 0 Å². The number of ether oxygens (including phenoxy) is 2. The molecule has 0 saturated carbocycles. The van der Waals surface area contributed by atoms with Gasteiger partial charge < -0.3 is 25.0 Å². The fourth-order valence-corrected chi connectivity index (χ4v) is 4.88. The van der Waals surface area contributed by atoms with E-state index in [1.807, 2.05) is 30.3 Å². The number of aromatic hydroxyl groups is 1. The van der Waals surface area contributed by atoms with Crippen molar-refractivity contribution >= 4 is 38.9 Å². The molecule has 0 aliphatic heterocycles. The van der Waals surface area contributed by atoms with E-state index in [4.69, 9.17) is 32.7 Å². The van der Waals surface area contributed by atoms with Gasteiger partial charge in [-0.2, -0.15) is 0 Å². The van der Waals surface area contributed by atoms with Crippen LogP contribution in [0, 0.1) is 0 Å². The average Bonchev–Trinajstić information content (AvgIpc) is 2.85. The van der Waals surface area contributed by atoms with Crippen LogP contribution in [0.1, 0.15) is 22.7 Å². The van der Waals surface area contributed by atoms with Gasteiger partial charge in [0.25, 0.3) is 0 Å². The van der Waals surface area contributed by atoms with Crippen LogP contribution in [-0.4, -0.2) is 51.8 Å². The molecule has 0 fully saturated rings. The summed E-state index contributed by atoms with van der Waals surface area (Å²) >= 11 is 12.7. The Balaban J connectivity index is 1.80. The Morgan fingerprint density at radius 1 is 0.973 bits per heavy atom. The average molecular weight is 570 g/mol. The minimum absolute atomic E-state index is 0.0546. The van der Waals surface area contributed by atoms with E-state index in [0.29, 0.717) is 33.5 Å². The molecular formula is C26H30Cl2N2O6S. The van der Waals surface area contributed by atoms with Crippen LogP contribution in [0.4, 0.5) is 5.69 Å². The number of aliphatic hydroxyl groups excluding tert-OH is 1. The Labute approximate surface area is 227 Å². The molecule has 11 heteroatoms. The van der Waals surface area contributed by atoms with E-state index in [1.54, 1.807) is 26.4 Å². The van der Waals surface area contributed by atoms with E-state index in [0.717, 1.165) is 17.4 Å². The third kappa shape index (κ3) is 8.15. The highest BCUT2D eigenvalue weighted by Crippen LogP contribution is 2.33. The standard InChI is InChI=1S/C26H30Cl2N2O6S/c1-35-24-10-8-17(14-25(24)36-2)21(13-18-5-4-6-20(27)26(18)28)29-15-19(31)11-16-7-9-23(32)22(12-16)30-37(3,33)34/h4-10,12,14,19,21,29-32H,11,13,15H2,1-3H3/t19-,21+/m0/s1. The van der Waals surface area contributed by atoms with E-state index in [-0.39, 0.29) is 30.4 Å². The van der Waals surface area contributed by atoms with E-state index in [2.05, 4.69) is 10.0 Å². The molecule has 0 aliphatic carbocycles. The first-order chi connectivity index (χ1) is 17.5. The van der Waals surface area contributed by atoms with Gasteiger partial charge in [-0.05, 0) is 59.9 Å². The number of hydrogen-bond donors (Lipinski definition) is 4. The van der Waals surface area contributed by atoms with Gasteiger partial charge in [-0.25, -0.2) is 8.42 Å². The number of aliphatic hydroxyl groups is 1. The van der Waals surface area contributed by atoms with Crippen molar-refractivity contribution in [1.82, 2.24) is 5.32 Å². The topological polar surface area (TPSA) is 117 Å². The van der Waals surface area contributed by atoms with Gasteiger partial charge in [0.2, 0.25) is 10.0 Å². The number of phenolic OH excluding ortho intramolecular Hbond substituents is 1. The highest BCUT2D eigenvalue weighted by atomic mass is 35.5. The first-order valence-electron chi connectivity index (χ1n) is 11.4. The van der Waals surface area contributed by atoms with Gasteiger partial charge in [-0.15, -0.1) is 0 Å². The normalized spacial score (nSPS) is 13.1. The predicted octanol–water partition coefficient (Wildman–Crippen LogP) is 4.56. The Morgan fingerprint density at radius 2 is 1.70 bits per heavy atom. The van der Waals surface area contributed by atoms with Gasteiger partial charge >= 0.3 is 0 Å². The monoisotopic (exact) mass is 568 g/mol.